The number of carbonyl (C=O) groups is 1. The molecule has 32 heavy (non-hydrogen) atoms. The van der Waals surface area contributed by atoms with Crippen molar-refractivity contribution in [2.45, 2.75) is 24.8 Å². The summed E-state index contributed by atoms with van der Waals surface area (Å²) < 4.78 is 24.9. The summed E-state index contributed by atoms with van der Waals surface area (Å²) in [6.07, 6.45) is 3.94. The molecule has 0 atom stereocenters. The van der Waals surface area contributed by atoms with Gasteiger partial charge in [0.2, 0.25) is 15.9 Å². The largest absolute Gasteiger partial charge is 0.352 e. The lowest BCUT2D eigenvalue weighted by Crippen LogP contribution is -2.23. The Balaban J connectivity index is 1.41. The van der Waals surface area contributed by atoms with E-state index in [0.29, 0.717) is 13.0 Å². The Hall–Kier alpha value is -3.42. The van der Waals surface area contributed by atoms with Gasteiger partial charge in [0.15, 0.2) is 0 Å². The highest BCUT2D eigenvalue weighted by molar-refractivity contribution is 7.89. The molecule has 0 saturated carbocycles. The van der Waals surface area contributed by atoms with E-state index in [1.54, 1.807) is 12.1 Å². The van der Waals surface area contributed by atoms with Crippen LogP contribution in [-0.2, 0) is 27.8 Å². The first-order chi connectivity index (χ1) is 15.4. The van der Waals surface area contributed by atoms with Crippen molar-refractivity contribution in [3.63, 3.8) is 0 Å². The Morgan fingerprint density at radius 2 is 1.72 bits per heavy atom. The van der Waals surface area contributed by atoms with Crippen molar-refractivity contribution in [3.8, 4) is 0 Å². The Morgan fingerprint density at radius 1 is 1.00 bits per heavy atom. The normalized spacial score (nSPS) is 12.1. The number of aryl methyl sites for hydroxylation is 1. The monoisotopic (exact) mass is 447 g/mol. The third-order valence-corrected chi connectivity index (χ3v) is 6.43. The maximum absolute atomic E-state index is 12.2. The molecule has 0 aliphatic rings. The molecule has 3 aromatic carbocycles. The van der Waals surface area contributed by atoms with Crippen molar-refractivity contribution in [2.75, 3.05) is 6.54 Å². The summed E-state index contributed by atoms with van der Waals surface area (Å²) in [5, 5.41) is 10.3. The van der Waals surface area contributed by atoms with Crippen LogP contribution in [0.15, 0.2) is 77.7 Å². The summed E-state index contributed by atoms with van der Waals surface area (Å²) in [4.78, 5) is 12.3. The van der Waals surface area contributed by atoms with E-state index in [1.807, 2.05) is 24.3 Å². The molecular weight excluding hydrogens is 422 g/mol. The first-order valence-electron chi connectivity index (χ1n) is 10.5. The number of para-hydroxylation sites is 1. The number of fused-ring (bicyclic) bond motifs is 3. The SMILES string of the molecule is CCn1c2ccccc2c2cc(/C=C/C(=O)NCCc3ccc(S(N)(=O)=O)cc3)ccc21. The van der Waals surface area contributed by atoms with E-state index in [0.717, 1.165) is 17.7 Å². The maximum Gasteiger partial charge on any atom is 0.244 e. The minimum Gasteiger partial charge on any atom is -0.352 e. The molecule has 6 nitrogen and oxygen atoms in total. The van der Waals surface area contributed by atoms with Crippen LogP contribution in [0.5, 0.6) is 0 Å². The minimum absolute atomic E-state index is 0.0762. The zero-order valence-corrected chi connectivity index (χ0v) is 18.6. The van der Waals surface area contributed by atoms with Gasteiger partial charge in [-0.05, 0) is 60.9 Å². The van der Waals surface area contributed by atoms with Gasteiger partial charge in [-0.25, -0.2) is 13.6 Å². The first kappa shape index (κ1) is 21.8. The fourth-order valence-corrected chi connectivity index (χ4v) is 4.44. The molecule has 1 heterocycles. The molecule has 4 rings (SSSR count). The molecule has 0 aliphatic heterocycles. The zero-order valence-electron chi connectivity index (χ0n) is 17.8. The third kappa shape index (κ3) is 4.59. The van der Waals surface area contributed by atoms with E-state index in [-0.39, 0.29) is 10.8 Å². The van der Waals surface area contributed by atoms with Gasteiger partial charge >= 0.3 is 0 Å². The van der Waals surface area contributed by atoms with Gasteiger partial charge in [-0.3, -0.25) is 4.79 Å². The maximum atomic E-state index is 12.2. The summed E-state index contributed by atoms with van der Waals surface area (Å²) in [6, 6.07) is 20.9. The van der Waals surface area contributed by atoms with Crippen LogP contribution in [0.4, 0.5) is 0 Å². The van der Waals surface area contributed by atoms with E-state index in [9.17, 15) is 13.2 Å². The third-order valence-electron chi connectivity index (χ3n) is 5.50. The van der Waals surface area contributed by atoms with Crippen LogP contribution in [0.3, 0.4) is 0 Å². The van der Waals surface area contributed by atoms with Gasteiger partial charge in [0.1, 0.15) is 0 Å². The van der Waals surface area contributed by atoms with Gasteiger partial charge in [-0.1, -0.05) is 36.4 Å². The summed E-state index contributed by atoms with van der Waals surface area (Å²) >= 11 is 0. The molecule has 1 aromatic heterocycles. The molecule has 7 heteroatoms. The lowest BCUT2D eigenvalue weighted by Gasteiger charge is -2.04. The highest BCUT2D eigenvalue weighted by Crippen LogP contribution is 2.29. The number of sulfonamides is 1. The standard InChI is InChI=1S/C25H25N3O3S/c1-2-28-23-6-4-3-5-21(23)22-17-19(9-13-24(22)28)10-14-25(29)27-16-15-18-7-11-20(12-8-18)32(26,30)31/h3-14,17H,2,15-16H2,1H3,(H,27,29)(H2,26,30,31)/b14-10+. The highest BCUT2D eigenvalue weighted by atomic mass is 32.2. The number of benzene rings is 3. The summed E-state index contributed by atoms with van der Waals surface area (Å²) in [5.41, 5.74) is 4.27. The number of nitrogens with two attached hydrogens (primary N) is 1. The Labute approximate surface area is 187 Å². The minimum atomic E-state index is -3.69. The van der Waals surface area contributed by atoms with Gasteiger partial charge < -0.3 is 9.88 Å². The fourth-order valence-electron chi connectivity index (χ4n) is 3.92. The number of primary sulfonamides is 1. The lowest BCUT2D eigenvalue weighted by molar-refractivity contribution is -0.116. The van der Waals surface area contributed by atoms with Crippen molar-refractivity contribution >= 4 is 43.8 Å². The summed E-state index contributed by atoms with van der Waals surface area (Å²) in [7, 11) is -3.69. The van der Waals surface area contributed by atoms with Crippen molar-refractivity contribution < 1.29 is 13.2 Å². The lowest BCUT2D eigenvalue weighted by atomic mass is 10.1. The molecule has 0 fully saturated rings. The molecule has 0 aliphatic carbocycles. The van der Waals surface area contributed by atoms with Gasteiger partial charge in [-0.2, -0.15) is 0 Å². The predicted octanol–water partition coefficient (Wildman–Crippen LogP) is 3.83. The average molecular weight is 448 g/mol. The summed E-state index contributed by atoms with van der Waals surface area (Å²) in [6.45, 7) is 3.48. The number of nitrogens with one attached hydrogen (secondary N) is 1. The van der Waals surface area contributed by atoms with Gasteiger partial charge in [0.05, 0.1) is 4.90 Å². The smallest absolute Gasteiger partial charge is 0.244 e. The van der Waals surface area contributed by atoms with Gasteiger partial charge in [0.25, 0.3) is 0 Å². The van der Waals surface area contributed by atoms with Crippen LogP contribution in [0.2, 0.25) is 0 Å². The van der Waals surface area contributed by atoms with Crippen LogP contribution in [0, 0.1) is 0 Å². The molecule has 0 radical (unpaired) electrons. The van der Waals surface area contributed by atoms with Crippen LogP contribution >= 0.6 is 0 Å². The quantitative estimate of drug-likeness (QED) is 0.422. The van der Waals surface area contributed by atoms with E-state index >= 15 is 0 Å². The molecule has 164 valence electrons. The van der Waals surface area contributed by atoms with Gasteiger partial charge in [0, 0.05) is 41.0 Å². The van der Waals surface area contributed by atoms with Crippen LogP contribution in [-0.4, -0.2) is 25.4 Å². The highest BCUT2D eigenvalue weighted by Gasteiger charge is 2.09. The number of amides is 1. The van der Waals surface area contributed by atoms with Crippen LogP contribution in [0.25, 0.3) is 27.9 Å². The molecule has 4 aromatic rings. The number of nitrogens with zero attached hydrogens (tertiary/aromatic N) is 1. The van der Waals surface area contributed by atoms with Crippen molar-refractivity contribution in [1.82, 2.24) is 9.88 Å². The molecule has 0 unspecified atom stereocenters. The molecule has 0 saturated heterocycles. The van der Waals surface area contributed by atoms with Crippen LogP contribution < -0.4 is 10.5 Å². The Kier molecular flexibility index (Phi) is 6.12. The Morgan fingerprint density at radius 3 is 2.44 bits per heavy atom. The second-order valence-electron chi connectivity index (χ2n) is 7.60. The molecule has 1 amide bonds. The van der Waals surface area contributed by atoms with E-state index in [2.05, 4.69) is 41.1 Å². The van der Waals surface area contributed by atoms with E-state index < -0.39 is 10.0 Å². The van der Waals surface area contributed by atoms with E-state index in [4.69, 9.17) is 5.14 Å². The van der Waals surface area contributed by atoms with Gasteiger partial charge in [-0.15, -0.1) is 0 Å². The summed E-state index contributed by atoms with van der Waals surface area (Å²) in [5.74, 6) is -0.178. The van der Waals surface area contributed by atoms with Crippen molar-refractivity contribution in [2.24, 2.45) is 5.14 Å². The topological polar surface area (TPSA) is 94.2 Å². The first-order valence-corrected chi connectivity index (χ1v) is 12.0. The number of aromatic nitrogens is 1. The predicted molar refractivity (Wildman–Crippen MR) is 129 cm³/mol. The number of hydrogen-bond acceptors (Lipinski definition) is 3. The zero-order chi connectivity index (χ0) is 22.7. The number of carbonyl (C=O) groups excluding carboxylic acids is 1. The number of hydrogen-bond donors (Lipinski definition) is 2. The number of rotatable bonds is 7. The molecule has 3 N–H and O–H groups in total. The van der Waals surface area contributed by atoms with Crippen LogP contribution in [0.1, 0.15) is 18.1 Å². The fraction of sp³-hybridized carbons (Fsp3) is 0.160. The van der Waals surface area contributed by atoms with Crippen molar-refractivity contribution in [3.05, 3.63) is 83.9 Å². The molecule has 0 spiro atoms. The Bertz CT molecular complexity index is 1420. The average Bonchev–Trinajstić information content (AvgIpc) is 3.10. The second-order valence-corrected chi connectivity index (χ2v) is 9.16. The second kappa shape index (κ2) is 8.98. The van der Waals surface area contributed by atoms with Crippen molar-refractivity contribution in [1.29, 1.82) is 0 Å². The van der Waals surface area contributed by atoms with E-state index in [1.165, 1.54) is 40.0 Å². The molecular formula is C25H25N3O3S. The molecule has 0 bridgehead atoms.